The van der Waals surface area contributed by atoms with Gasteiger partial charge in [0.05, 0.1) is 6.61 Å². The van der Waals surface area contributed by atoms with Crippen molar-refractivity contribution in [2.45, 2.75) is 51.4 Å². The lowest BCUT2D eigenvalue weighted by Crippen LogP contribution is -2.41. The number of anilines is 1. The van der Waals surface area contributed by atoms with Crippen molar-refractivity contribution in [3.63, 3.8) is 0 Å². The van der Waals surface area contributed by atoms with E-state index in [-0.39, 0.29) is 17.9 Å². The normalized spacial score (nSPS) is 18.8. The van der Waals surface area contributed by atoms with Crippen LogP contribution < -0.4 is 15.4 Å². The van der Waals surface area contributed by atoms with Crippen molar-refractivity contribution in [1.29, 1.82) is 0 Å². The number of amides is 3. The van der Waals surface area contributed by atoms with Gasteiger partial charge in [-0.25, -0.2) is 4.79 Å². The van der Waals surface area contributed by atoms with Crippen LogP contribution in [-0.4, -0.2) is 67.6 Å². The minimum Gasteiger partial charge on any atom is -0.494 e. The fourth-order valence-corrected chi connectivity index (χ4v) is 5.16. The largest absolute Gasteiger partial charge is 0.494 e. The summed E-state index contributed by atoms with van der Waals surface area (Å²) in [5.74, 6) is 0.988. The average Bonchev–Trinajstić information content (AvgIpc) is 3.19. The number of rotatable bonds is 8. The van der Waals surface area contributed by atoms with E-state index in [4.69, 9.17) is 4.74 Å². The Kier molecular flexibility index (Phi) is 9.61. The van der Waals surface area contributed by atoms with E-state index in [2.05, 4.69) is 21.6 Å². The van der Waals surface area contributed by atoms with Crippen LogP contribution in [0.5, 0.6) is 5.75 Å². The number of piperidine rings is 1. The van der Waals surface area contributed by atoms with Crippen molar-refractivity contribution in [1.82, 2.24) is 15.1 Å². The molecule has 1 unspecified atom stereocenters. The topological polar surface area (TPSA) is 73.9 Å². The number of nitrogens with zero attached hydrogens (tertiary/aromatic N) is 2. The van der Waals surface area contributed by atoms with Crippen LogP contribution in [0.1, 0.15) is 67.3 Å². The Bertz CT molecular complexity index is 986. The molecule has 0 aliphatic carbocycles. The van der Waals surface area contributed by atoms with E-state index < -0.39 is 0 Å². The summed E-state index contributed by atoms with van der Waals surface area (Å²) >= 11 is 0. The molecule has 1 atom stereocenters. The van der Waals surface area contributed by atoms with E-state index in [0.29, 0.717) is 25.3 Å². The van der Waals surface area contributed by atoms with Gasteiger partial charge in [-0.1, -0.05) is 25.0 Å². The van der Waals surface area contributed by atoms with E-state index in [1.807, 2.05) is 54.3 Å². The number of benzene rings is 2. The van der Waals surface area contributed by atoms with Gasteiger partial charge in [0, 0.05) is 43.3 Å². The average molecular weight is 493 g/mol. The zero-order valence-corrected chi connectivity index (χ0v) is 21.5. The summed E-state index contributed by atoms with van der Waals surface area (Å²) in [7, 11) is 0. The molecule has 7 heteroatoms. The third-order valence-electron chi connectivity index (χ3n) is 7.16. The molecule has 0 aromatic heterocycles. The minimum absolute atomic E-state index is 0.0208. The standard InChI is InChI=1S/C29H40N4O3/c1-2-36-27-14-12-26(13-15-27)31-29(35)33-19-8-11-25(22-33)23-9-7-10-24(21-23)28(34)30-16-20-32-17-5-3-4-6-18-32/h7,9-10,12-15,21,25H,2-6,8,11,16-20,22H2,1H3,(H,30,34)(H,31,35). The predicted molar refractivity (Wildman–Crippen MR) is 144 cm³/mol. The molecule has 4 rings (SSSR count). The summed E-state index contributed by atoms with van der Waals surface area (Å²) in [5, 5.41) is 6.10. The highest BCUT2D eigenvalue weighted by atomic mass is 16.5. The second-order valence-electron chi connectivity index (χ2n) is 9.81. The van der Waals surface area contributed by atoms with Gasteiger partial charge >= 0.3 is 6.03 Å². The summed E-state index contributed by atoms with van der Waals surface area (Å²) in [6.07, 6.45) is 7.09. The molecule has 2 saturated heterocycles. The van der Waals surface area contributed by atoms with Gasteiger partial charge in [-0.05, 0) is 87.7 Å². The Balaban J connectivity index is 1.29. The SMILES string of the molecule is CCOc1ccc(NC(=O)N2CCCC(c3cccc(C(=O)NCCN4CCCCCC4)c3)C2)cc1. The van der Waals surface area contributed by atoms with Crippen molar-refractivity contribution < 1.29 is 14.3 Å². The van der Waals surface area contributed by atoms with E-state index in [0.717, 1.165) is 56.0 Å². The first kappa shape index (κ1) is 26.0. The molecule has 194 valence electrons. The zero-order valence-electron chi connectivity index (χ0n) is 21.5. The Labute approximate surface area is 215 Å². The minimum atomic E-state index is -0.0914. The van der Waals surface area contributed by atoms with Gasteiger partial charge < -0.3 is 25.2 Å². The predicted octanol–water partition coefficient (Wildman–Crippen LogP) is 5.10. The number of likely N-dealkylation sites (tertiary alicyclic amines) is 2. The fraction of sp³-hybridized carbons (Fsp3) is 0.517. The van der Waals surface area contributed by atoms with Crippen molar-refractivity contribution >= 4 is 17.6 Å². The summed E-state index contributed by atoms with van der Waals surface area (Å²) in [6, 6.07) is 15.3. The number of ether oxygens (including phenoxy) is 1. The molecule has 0 radical (unpaired) electrons. The van der Waals surface area contributed by atoms with Crippen LogP contribution in [-0.2, 0) is 0 Å². The molecule has 36 heavy (non-hydrogen) atoms. The van der Waals surface area contributed by atoms with Gasteiger partial charge in [-0.2, -0.15) is 0 Å². The van der Waals surface area contributed by atoms with Crippen LogP contribution in [0, 0.1) is 0 Å². The zero-order chi connectivity index (χ0) is 25.2. The van der Waals surface area contributed by atoms with E-state index in [1.165, 1.54) is 25.7 Å². The molecular formula is C29H40N4O3. The van der Waals surface area contributed by atoms with Crippen LogP contribution in [0.2, 0.25) is 0 Å². The van der Waals surface area contributed by atoms with E-state index in [1.54, 1.807) is 0 Å². The second-order valence-corrected chi connectivity index (χ2v) is 9.81. The van der Waals surface area contributed by atoms with Crippen molar-refractivity contribution in [3.05, 3.63) is 59.7 Å². The van der Waals surface area contributed by atoms with Gasteiger partial charge in [-0.15, -0.1) is 0 Å². The maximum Gasteiger partial charge on any atom is 0.321 e. The second kappa shape index (κ2) is 13.3. The highest BCUT2D eigenvalue weighted by Gasteiger charge is 2.25. The summed E-state index contributed by atoms with van der Waals surface area (Å²) in [6.45, 7) is 7.78. The lowest BCUT2D eigenvalue weighted by Gasteiger charge is -2.33. The van der Waals surface area contributed by atoms with Crippen LogP contribution in [0.15, 0.2) is 48.5 Å². The molecule has 2 heterocycles. The Hall–Kier alpha value is -3.06. The summed E-state index contributed by atoms with van der Waals surface area (Å²) in [4.78, 5) is 30.1. The third kappa shape index (κ3) is 7.47. The number of carbonyl (C=O) groups is 2. The lowest BCUT2D eigenvalue weighted by molar-refractivity contribution is 0.0948. The number of nitrogens with one attached hydrogen (secondary N) is 2. The molecule has 2 aromatic carbocycles. The van der Waals surface area contributed by atoms with Gasteiger partial charge in [-0.3, -0.25) is 4.79 Å². The highest BCUT2D eigenvalue weighted by Crippen LogP contribution is 2.28. The number of urea groups is 1. The molecule has 0 spiro atoms. The Morgan fingerprint density at radius 1 is 0.972 bits per heavy atom. The first-order valence-electron chi connectivity index (χ1n) is 13.5. The molecule has 2 fully saturated rings. The number of hydrogen-bond acceptors (Lipinski definition) is 4. The van der Waals surface area contributed by atoms with Crippen molar-refractivity contribution in [2.24, 2.45) is 0 Å². The van der Waals surface area contributed by atoms with Crippen LogP contribution >= 0.6 is 0 Å². The number of carbonyl (C=O) groups excluding carboxylic acids is 2. The molecular weight excluding hydrogens is 452 g/mol. The quantitative estimate of drug-likeness (QED) is 0.538. The van der Waals surface area contributed by atoms with Gasteiger partial charge in [0.2, 0.25) is 0 Å². The molecule has 2 aromatic rings. The third-order valence-corrected chi connectivity index (χ3v) is 7.16. The van der Waals surface area contributed by atoms with Crippen LogP contribution in [0.25, 0.3) is 0 Å². The van der Waals surface area contributed by atoms with Gasteiger partial charge in [0.1, 0.15) is 5.75 Å². The molecule has 0 saturated carbocycles. The maximum atomic E-state index is 12.9. The van der Waals surface area contributed by atoms with Crippen LogP contribution in [0.4, 0.5) is 10.5 Å². The highest BCUT2D eigenvalue weighted by molar-refractivity contribution is 5.94. The monoisotopic (exact) mass is 492 g/mol. The molecule has 7 nitrogen and oxygen atoms in total. The lowest BCUT2D eigenvalue weighted by atomic mass is 9.89. The van der Waals surface area contributed by atoms with Gasteiger partial charge in [0.15, 0.2) is 0 Å². The molecule has 0 bridgehead atoms. The van der Waals surface area contributed by atoms with Crippen molar-refractivity contribution in [3.8, 4) is 5.75 Å². The van der Waals surface area contributed by atoms with E-state index >= 15 is 0 Å². The Morgan fingerprint density at radius 2 is 1.75 bits per heavy atom. The van der Waals surface area contributed by atoms with Crippen molar-refractivity contribution in [2.75, 3.05) is 51.2 Å². The molecule has 3 amide bonds. The fourth-order valence-electron chi connectivity index (χ4n) is 5.16. The maximum absolute atomic E-state index is 12.9. The first-order chi connectivity index (χ1) is 17.6. The van der Waals surface area contributed by atoms with Crippen LogP contribution in [0.3, 0.4) is 0 Å². The van der Waals surface area contributed by atoms with Gasteiger partial charge in [0.25, 0.3) is 5.91 Å². The molecule has 2 N–H and O–H groups in total. The Morgan fingerprint density at radius 3 is 2.50 bits per heavy atom. The summed E-state index contributed by atoms with van der Waals surface area (Å²) < 4.78 is 5.47. The number of hydrogen-bond donors (Lipinski definition) is 2. The first-order valence-corrected chi connectivity index (χ1v) is 13.5. The van der Waals surface area contributed by atoms with E-state index in [9.17, 15) is 9.59 Å². The molecule has 2 aliphatic heterocycles. The smallest absolute Gasteiger partial charge is 0.321 e. The molecule has 2 aliphatic rings. The summed E-state index contributed by atoms with van der Waals surface area (Å²) in [5.41, 5.74) is 2.57.